The highest BCUT2D eigenvalue weighted by molar-refractivity contribution is 6.32. The first kappa shape index (κ1) is 12.7. The van der Waals surface area contributed by atoms with Gasteiger partial charge in [-0.3, -0.25) is 0 Å². The van der Waals surface area contributed by atoms with Crippen molar-refractivity contribution in [2.24, 2.45) is 0 Å². The van der Waals surface area contributed by atoms with Gasteiger partial charge in [0.1, 0.15) is 11.0 Å². The van der Waals surface area contributed by atoms with E-state index < -0.39 is 0 Å². The summed E-state index contributed by atoms with van der Waals surface area (Å²) in [5, 5.41) is 0.993. The van der Waals surface area contributed by atoms with E-state index in [-0.39, 0.29) is 5.82 Å². The van der Waals surface area contributed by atoms with Gasteiger partial charge in [-0.15, -0.1) is 0 Å². The summed E-state index contributed by atoms with van der Waals surface area (Å²) >= 11 is 12.0. The second-order valence-electron chi connectivity index (χ2n) is 4.51. The Labute approximate surface area is 120 Å². The van der Waals surface area contributed by atoms with E-state index in [0.29, 0.717) is 22.4 Å². The van der Waals surface area contributed by atoms with Crippen LogP contribution >= 0.6 is 23.2 Å². The molecule has 0 N–H and O–H groups in total. The Morgan fingerprint density at radius 2 is 2.05 bits per heavy atom. The summed E-state index contributed by atoms with van der Waals surface area (Å²) in [6, 6.07) is 8.27. The van der Waals surface area contributed by atoms with Crippen LogP contribution in [-0.4, -0.2) is 11.5 Å². The molecule has 1 aliphatic heterocycles. The first-order valence-electron chi connectivity index (χ1n) is 5.98. The Kier molecular flexibility index (Phi) is 3.33. The lowest BCUT2D eigenvalue weighted by Crippen LogP contribution is -2.20. The van der Waals surface area contributed by atoms with Crippen molar-refractivity contribution in [2.75, 3.05) is 11.4 Å². The Morgan fingerprint density at radius 3 is 2.89 bits per heavy atom. The summed E-state index contributed by atoms with van der Waals surface area (Å²) in [5.74, 6) is -0.226. The number of fused-ring (bicyclic) bond motifs is 1. The molecule has 0 saturated carbocycles. The van der Waals surface area contributed by atoms with Gasteiger partial charge in [-0.2, -0.15) is 0 Å². The maximum atomic E-state index is 13.3. The van der Waals surface area contributed by atoms with Crippen molar-refractivity contribution < 1.29 is 4.39 Å². The molecule has 0 aliphatic carbocycles. The Bertz CT molecular complexity index is 631. The smallest absolute Gasteiger partial charge is 0.129 e. The molecule has 0 spiro atoms. The van der Waals surface area contributed by atoms with Crippen molar-refractivity contribution in [3.63, 3.8) is 0 Å². The zero-order valence-electron chi connectivity index (χ0n) is 10.0. The molecular formula is C14H11Cl2FN2. The Morgan fingerprint density at radius 1 is 1.21 bits per heavy atom. The molecule has 5 heteroatoms. The van der Waals surface area contributed by atoms with Crippen LogP contribution in [0.4, 0.5) is 10.1 Å². The SMILES string of the molecule is Fc1ccc2c(c1)N(Cc1nc(Cl)ccc1Cl)CC2. The number of rotatable bonds is 2. The normalized spacial score (nSPS) is 13.7. The van der Waals surface area contributed by atoms with Gasteiger partial charge < -0.3 is 4.90 Å². The molecule has 0 radical (unpaired) electrons. The van der Waals surface area contributed by atoms with E-state index in [2.05, 4.69) is 9.88 Å². The quantitative estimate of drug-likeness (QED) is 0.776. The van der Waals surface area contributed by atoms with Crippen LogP contribution in [0.25, 0.3) is 0 Å². The van der Waals surface area contributed by atoms with Gasteiger partial charge in [0.25, 0.3) is 0 Å². The summed E-state index contributed by atoms with van der Waals surface area (Å²) in [4.78, 5) is 6.30. The van der Waals surface area contributed by atoms with E-state index in [1.165, 1.54) is 6.07 Å². The molecule has 2 aromatic rings. The molecule has 3 rings (SSSR count). The maximum Gasteiger partial charge on any atom is 0.129 e. The van der Waals surface area contributed by atoms with E-state index in [0.717, 1.165) is 24.2 Å². The van der Waals surface area contributed by atoms with Gasteiger partial charge in [0.2, 0.25) is 0 Å². The van der Waals surface area contributed by atoms with E-state index in [4.69, 9.17) is 23.2 Å². The number of anilines is 1. The molecule has 1 aromatic heterocycles. The highest BCUT2D eigenvalue weighted by atomic mass is 35.5. The van der Waals surface area contributed by atoms with Crippen molar-refractivity contribution >= 4 is 28.9 Å². The third kappa shape index (κ3) is 2.53. The van der Waals surface area contributed by atoms with Gasteiger partial charge in [-0.05, 0) is 36.2 Å². The minimum Gasteiger partial charge on any atom is -0.365 e. The van der Waals surface area contributed by atoms with Gasteiger partial charge in [0, 0.05) is 12.2 Å². The minimum atomic E-state index is -0.226. The van der Waals surface area contributed by atoms with Crippen molar-refractivity contribution in [3.8, 4) is 0 Å². The van der Waals surface area contributed by atoms with Crippen molar-refractivity contribution in [1.82, 2.24) is 4.98 Å². The van der Waals surface area contributed by atoms with Crippen molar-refractivity contribution in [1.29, 1.82) is 0 Å². The number of hydrogen-bond acceptors (Lipinski definition) is 2. The lowest BCUT2D eigenvalue weighted by molar-refractivity contribution is 0.627. The van der Waals surface area contributed by atoms with Gasteiger partial charge >= 0.3 is 0 Å². The molecule has 0 saturated heterocycles. The van der Waals surface area contributed by atoms with Gasteiger partial charge in [-0.25, -0.2) is 9.37 Å². The fourth-order valence-electron chi connectivity index (χ4n) is 2.33. The highest BCUT2D eigenvalue weighted by Crippen LogP contribution is 2.31. The number of benzene rings is 1. The standard InChI is InChI=1S/C14H11Cl2FN2/c15-11-3-4-14(16)18-12(11)8-19-6-5-9-1-2-10(17)7-13(9)19/h1-4,7H,5-6,8H2. The average Bonchev–Trinajstić information content (AvgIpc) is 2.77. The fourth-order valence-corrected chi connectivity index (χ4v) is 2.66. The minimum absolute atomic E-state index is 0.226. The second-order valence-corrected chi connectivity index (χ2v) is 5.30. The predicted molar refractivity (Wildman–Crippen MR) is 75.4 cm³/mol. The van der Waals surface area contributed by atoms with Crippen molar-refractivity contribution in [3.05, 3.63) is 57.6 Å². The first-order valence-corrected chi connectivity index (χ1v) is 6.73. The second kappa shape index (κ2) is 4.99. The zero-order valence-corrected chi connectivity index (χ0v) is 11.5. The molecule has 0 amide bonds. The highest BCUT2D eigenvalue weighted by Gasteiger charge is 2.21. The van der Waals surface area contributed by atoms with Crippen LogP contribution in [0.3, 0.4) is 0 Å². The fraction of sp³-hybridized carbons (Fsp3) is 0.214. The molecule has 98 valence electrons. The van der Waals surface area contributed by atoms with E-state index in [1.54, 1.807) is 18.2 Å². The van der Waals surface area contributed by atoms with Crippen LogP contribution < -0.4 is 4.90 Å². The number of aromatic nitrogens is 1. The number of halogens is 3. The van der Waals surface area contributed by atoms with Gasteiger partial charge in [-0.1, -0.05) is 29.3 Å². The Balaban J connectivity index is 1.90. The van der Waals surface area contributed by atoms with Crippen LogP contribution in [0.5, 0.6) is 0 Å². The molecule has 0 bridgehead atoms. The molecule has 0 fully saturated rings. The molecule has 1 aliphatic rings. The van der Waals surface area contributed by atoms with Crippen LogP contribution in [0, 0.1) is 5.82 Å². The van der Waals surface area contributed by atoms with E-state index in [1.807, 2.05) is 6.07 Å². The molecule has 2 heterocycles. The van der Waals surface area contributed by atoms with Crippen LogP contribution in [0.1, 0.15) is 11.3 Å². The van der Waals surface area contributed by atoms with E-state index in [9.17, 15) is 4.39 Å². The zero-order chi connectivity index (χ0) is 13.4. The van der Waals surface area contributed by atoms with Gasteiger partial charge in [0.15, 0.2) is 0 Å². The number of nitrogens with zero attached hydrogens (tertiary/aromatic N) is 2. The molecule has 19 heavy (non-hydrogen) atoms. The third-order valence-corrected chi connectivity index (χ3v) is 3.82. The summed E-state index contributed by atoms with van der Waals surface area (Å²) in [5.41, 5.74) is 2.78. The lowest BCUT2D eigenvalue weighted by atomic mass is 10.2. The summed E-state index contributed by atoms with van der Waals surface area (Å²) in [6.07, 6.45) is 0.911. The summed E-state index contributed by atoms with van der Waals surface area (Å²) in [6.45, 7) is 1.37. The van der Waals surface area contributed by atoms with Crippen LogP contribution in [0.2, 0.25) is 10.2 Å². The first-order chi connectivity index (χ1) is 9.13. The number of hydrogen-bond donors (Lipinski definition) is 0. The summed E-state index contributed by atoms with van der Waals surface area (Å²) in [7, 11) is 0. The van der Waals surface area contributed by atoms with E-state index >= 15 is 0 Å². The Hall–Kier alpha value is -1.32. The topological polar surface area (TPSA) is 16.1 Å². The molecule has 2 nitrogen and oxygen atoms in total. The number of pyridine rings is 1. The maximum absolute atomic E-state index is 13.3. The molecule has 0 unspecified atom stereocenters. The average molecular weight is 297 g/mol. The lowest BCUT2D eigenvalue weighted by Gasteiger charge is -2.19. The third-order valence-electron chi connectivity index (χ3n) is 3.26. The van der Waals surface area contributed by atoms with Crippen LogP contribution in [-0.2, 0) is 13.0 Å². The van der Waals surface area contributed by atoms with Crippen molar-refractivity contribution in [2.45, 2.75) is 13.0 Å². The molecule has 0 atom stereocenters. The largest absolute Gasteiger partial charge is 0.365 e. The predicted octanol–water partition coefficient (Wildman–Crippen LogP) is 4.09. The molecule has 1 aromatic carbocycles. The summed E-state index contributed by atoms with van der Waals surface area (Å²) < 4.78 is 13.3. The molecular weight excluding hydrogens is 286 g/mol. The van der Waals surface area contributed by atoms with Crippen LogP contribution in [0.15, 0.2) is 30.3 Å². The monoisotopic (exact) mass is 296 g/mol. The van der Waals surface area contributed by atoms with Gasteiger partial charge in [0.05, 0.1) is 17.3 Å².